The fraction of sp³-hybridized carbons (Fsp3) is 0.176. The van der Waals surface area contributed by atoms with Crippen molar-refractivity contribution in [3.63, 3.8) is 0 Å². The van der Waals surface area contributed by atoms with Crippen LogP contribution >= 0.6 is 11.8 Å². The number of thioether (sulfide) groups is 1. The Labute approximate surface area is 148 Å². The van der Waals surface area contributed by atoms with E-state index in [4.69, 9.17) is 0 Å². The van der Waals surface area contributed by atoms with Crippen molar-refractivity contribution in [2.24, 2.45) is 0 Å². The molecule has 0 saturated carbocycles. The molecule has 0 aliphatic carbocycles. The summed E-state index contributed by atoms with van der Waals surface area (Å²) in [6, 6.07) is 11.5. The fourth-order valence-electron chi connectivity index (χ4n) is 1.88. The van der Waals surface area contributed by atoms with Gasteiger partial charge in [0.25, 0.3) is 0 Å². The smallest absolute Gasteiger partial charge is 0.333 e. The molecule has 0 atom stereocenters. The predicted octanol–water partition coefficient (Wildman–Crippen LogP) is 2.63. The summed E-state index contributed by atoms with van der Waals surface area (Å²) in [6.07, 6.45) is 0.533. The van der Waals surface area contributed by atoms with Crippen molar-refractivity contribution < 1.29 is 18.4 Å². The fourth-order valence-corrected chi connectivity index (χ4v) is 2.62. The molecular formula is C17H17F2N3O2S. The average Bonchev–Trinajstić information content (AvgIpc) is 2.61. The molecule has 2 aromatic carbocycles. The highest BCUT2D eigenvalue weighted by Gasteiger charge is 2.07. The highest BCUT2D eigenvalue weighted by atomic mass is 32.2. The van der Waals surface area contributed by atoms with Crippen LogP contribution in [0.5, 0.6) is 0 Å². The van der Waals surface area contributed by atoms with E-state index in [1.807, 2.05) is 0 Å². The SMILES string of the molecule is O=C(CSc1ccccc1F)NNC(=O)NCCc1ccc(F)cc1. The van der Waals surface area contributed by atoms with E-state index >= 15 is 0 Å². The number of urea groups is 1. The molecule has 0 aliphatic heterocycles. The molecule has 0 fully saturated rings. The van der Waals surface area contributed by atoms with Gasteiger partial charge in [-0.05, 0) is 36.2 Å². The number of amides is 3. The minimum absolute atomic E-state index is 0.0310. The Kier molecular flexibility index (Phi) is 7.21. The molecular weight excluding hydrogens is 348 g/mol. The highest BCUT2D eigenvalue weighted by molar-refractivity contribution is 8.00. The molecule has 3 N–H and O–H groups in total. The standard InChI is InChI=1S/C17H17F2N3O2S/c18-13-7-5-12(6-8-13)9-10-20-17(24)22-21-16(23)11-25-15-4-2-1-3-14(15)19/h1-8H,9-11H2,(H,21,23)(H2,20,22,24). The highest BCUT2D eigenvalue weighted by Crippen LogP contribution is 2.20. The first-order valence-electron chi connectivity index (χ1n) is 7.49. The first kappa shape index (κ1) is 18.7. The number of carbonyl (C=O) groups excluding carboxylic acids is 2. The lowest BCUT2D eigenvalue weighted by Gasteiger charge is -2.09. The van der Waals surface area contributed by atoms with Crippen molar-refractivity contribution >= 4 is 23.7 Å². The van der Waals surface area contributed by atoms with Gasteiger partial charge >= 0.3 is 6.03 Å². The van der Waals surface area contributed by atoms with Gasteiger partial charge in [0.1, 0.15) is 11.6 Å². The lowest BCUT2D eigenvalue weighted by molar-refractivity contribution is -0.119. The molecule has 0 saturated heterocycles. The third-order valence-corrected chi connectivity index (χ3v) is 4.17. The van der Waals surface area contributed by atoms with Gasteiger partial charge in [0.2, 0.25) is 5.91 Å². The van der Waals surface area contributed by atoms with E-state index in [2.05, 4.69) is 16.2 Å². The van der Waals surface area contributed by atoms with Gasteiger partial charge in [-0.15, -0.1) is 11.8 Å². The first-order valence-corrected chi connectivity index (χ1v) is 8.47. The molecule has 0 unspecified atom stereocenters. The number of hydrogen-bond acceptors (Lipinski definition) is 3. The number of halogens is 2. The summed E-state index contributed by atoms with van der Waals surface area (Å²) < 4.78 is 26.2. The summed E-state index contributed by atoms with van der Waals surface area (Å²) in [7, 11) is 0. The van der Waals surface area contributed by atoms with Gasteiger partial charge in [-0.2, -0.15) is 0 Å². The summed E-state index contributed by atoms with van der Waals surface area (Å²) in [6.45, 7) is 0.331. The minimum Gasteiger partial charge on any atom is -0.336 e. The van der Waals surface area contributed by atoms with Crippen molar-refractivity contribution in [2.45, 2.75) is 11.3 Å². The second-order valence-electron chi connectivity index (χ2n) is 5.02. The second kappa shape index (κ2) is 9.63. The molecule has 0 heterocycles. The number of rotatable bonds is 6. The monoisotopic (exact) mass is 365 g/mol. The van der Waals surface area contributed by atoms with Crippen molar-refractivity contribution in [3.05, 3.63) is 65.7 Å². The number of carbonyl (C=O) groups is 2. The van der Waals surface area contributed by atoms with E-state index in [1.54, 1.807) is 30.3 Å². The topological polar surface area (TPSA) is 70.2 Å². The van der Waals surface area contributed by atoms with Gasteiger partial charge in [0, 0.05) is 11.4 Å². The summed E-state index contributed by atoms with van der Waals surface area (Å²) >= 11 is 1.03. The molecule has 0 aliphatic rings. The van der Waals surface area contributed by atoms with Crippen LogP contribution in [0.3, 0.4) is 0 Å². The molecule has 3 amide bonds. The van der Waals surface area contributed by atoms with Gasteiger partial charge in [0.15, 0.2) is 0 Å². The van der Waals surface area contributed by atoms with Crippen LogP contribution in [0.15, 0.2) is 53.4 Å². The largest absolute Gasteiger partial charge is 0.336 e. The third-order valence-electron chi connectivity index (χ3n) is 3.12. The van der Waals surface area contributed by atoms with Crippen LogP contribution in [0.2, 0.25) is 0 Å². The molecule has 0 spiro atoms. The molecule has 0 bridgehead atoms. The molecule has 8 heteroatoms. The first-order chi connectivity index (χ1) is 12.0. The van der Waals surface area contributed by atoms with Crippen LogP contribution in [-0.2, 0) is 11.2 Å². The molecule has 25 heavy (non-hydrogen) atoms. The van der Waals surface area contributed by atoms with Crippen molar-refractivity contribution in [1.29, 1.82) is 0 Å². The van der Waals surface area contributed by atoms with Crippen LogP contribution in [-0.4, -0.2) is 24.2 Å². The quantitative estimate of drug-likeness (QED) is 0.544. The zero-order chi connectivity index (χ0) is 18.1. The van der Waals surface area contributed by atoms with E-state index < -0.39 is 17.8 Å². The van der Waals surface area contributed by atoms with Crippen LogP contribution in [0.25, 0.3) is 0 Å². The Morgan fingerprint density at radius 3 is 2.40 bits per heavy atom. The van der Waals surface area contributed by atoms with E-state index in [9.17, 15) is 18.4 Å². The normalized spacial score (nSPS) is 10.2. The van der Waals surface area contributed by atoms with E-state index in [0.29, 0.717) is 17.9 Å². The predicted molar refractivity (Wildman–Crippen MR) is 91.9 cm³/mol. The summed E-state index contributed by atoms with van der Waals surface area (Å²) in [4.78, 5) is 23.5. The molecule has 2 aromatic rings. The van der Waals surface area contributed by atoms with E-state index in [0.717, 1.165) is 17.3 Å². The van der Waals surface area contributed by atoms with Crippen LogP contribution in [0, 0.1) is 11.6 Å². The third kappa shape index (κ3) is 6.80. The van der Waals surface area contributed by atoms with Gasteiger partial charge in [-0.25, -0.2) is 19.0 Å². The lowest BCUT2D eigenvalue weighted by Crippen LogP contribution is -2.47. The van der Waals surface area contributed by atoms with Crippen LogP contribution in [0.4, 0.5) is 13.6 Å². The van der Waals surface area contributed by atoms with Crippen molar-refractivity contribution in [2.75, 3.05) is 12.3 Å². The molecule has 0 radical (unpaired) electrons. The maximum Gasteiger partial charge on any atom is 0.333 e. The summed E-state index contributed by atoms with van der Waals surface area (Å²) in [5.41, 5.74) is 5.33. The van der Waals surface area contributed by atoms with Gasteiger partial charge in [0.05, 0.1) is 5.75 Å². The van der Waals surface area contributed by atoms with Gasteiger partial charge in [-0.3, -0.25) is 10.2 Å². The zero-order valence-corrected chi connectivity index (χ0v) is 14.0. The summed E-state index contributed by atoms with van der Waals surface area (Å²) in [5, 5.41) is 2.56. The Hall–Kier alpha value is -2.61. The Balaban J connectivity index is 1.61. The maximum atomic E-state index is 13.4. The van der Waals surface area contributed by atoms with Gasteiger partial charge < -0.3 is 5.32 Å². The zero-order valence-electron chi connectivity index (χ0n) is 13.2. The lowest BCUT2D eigenvalue weighted by atomic mass is 10.1. The molecule has 132 valence electrons. The van der Waals surface area contributed by atoms with Gasteiger partial charge in [-0.1, -0.05) is 24.3 Å². The van der Waals surface area contributed by atoms with Crippen LogP contribution < -0.4 is 16.2 Å². The molecule has 0 aromatic heterocycles. The Morgan fingerprint density at radius 1 is 0.960 bits per heavy atom. The number of hydrogen-bond donors (Lipinski definition) is 3. The maximum absolute atomic E-state index is 13.4. The Morgan fingerprint density at radius 2 is 1.68 bits per heavy atom. The van der Waals surface area contributed by atoms with Crippen LogP contribution in [0.1, 0.15) is 5.56 Å². The average molecular weight is 365 g/mol. The number of hydrazine groups is 1. The van der Waals surface area contributed by atoms with Crippen molar-refractivity contribution in [1.82, 2.24) is 16.2 Å². The molecule has 2 rings (SSSR count). The van der Waals surface area contributed by atoms with Crippen molar-refractivity contribution in [3.8, 4) is 0 Å². The Bertz CT molecular complexity index is 726. The number of nitrogens with one attached hydrogen (secondary N) is 3. The summed E-state index contributed by atoms with van der Waals surface area (Å²) in [5.74, 6) is -1.20. The molecule has 5 nitrogen and oxygen atoms in total. The van der Waals surface area contributed by atoms with E-state index in [-0.39, 0.29) is 11.6 Å². The second-order valence-corrected chi connectivity index (χ2v) is 6.04. The number of benzene rings is 2. The van der Waals surface area contributed by atoms with E-state index in [1.165, 1.54) is 18.2 Å². The minimum atomic E-state index is -0.564.